The maximum absolute atomic E-state index is 12.4. The van der Waals surface area contributed by atoms with Crippen LogP contribution in [-0.2, 0) is 19.4 Å². The average Bonchev–Trinajstić information content (AvgIpc) is 3.20. The third-order valence-corrected chi connectivity index (χ3v) is 4.99. The highest BCUT2D eigenvalue weighted by Crippen LogP contribution is 2.19. The lowest BCUT2D eigenvalue weighted by Crippen LogP contribution is -2.33. The number of amides is 1. The van der Waals surface area contributed by atoms with Crippen molar-refractivity contribution >= 4 is 17.2 Å². The zero-order chi connectivity index (χ0) is 16.2. The van der Waals surface area contributed by atoms with Gasteiger partial charge in [0.25, 0.3) is 5.91 Å². The molecule has 0 unspecified atom stereocenters. The van der Waals surface area contributed by atoms with Crippen molar-refractivity contribution in [2.45, 2.75) is 19.4 Å². The number of fused-ring (bicyclic) bond motifs is 1. The molecule has 1 aliphatic heterocycles. The van der Waals surface area contributed by atoms with Gasteiger partial charge in [0.2, 0.25) is 0 Å². The average molecular weight is 334 g/mol. The predicted molar refractivity (Wildman–Crippen MR) is 89.6 cm³/mol. The summed E-state index contributed by atoms with van der Waals surface area (Å²) in [6.07, 6.45) is 1.66. The van der Waals surface area contributed by atoms with Crippen LogP contribution in [0, 0.1) is 5.92 Å². The molecular formula is C16H22N4O2S. The molecule has 0 radical (unpaired) electrons. The van der Waals surface area contributed by atoms with Gasteiger partial charge in [0.15, 0.2) is 5.69 Å². The van der Waals surface area contributed by atoms with Gasteiger partial charge in [-0.1, -0.05) is 0 Å². The molecule has 1 aliphatic rings. The number of aliphatic hydroxyl groups excluding tert-OH is 1. The number of hydrogen-bond acceptors (Lipinski definition) is 5. The zero-order valence-electron chi connectivity index (χ0n) is 13.2. The number of carbonyl (C=O) groups is 1. The summed E-state index contributed by atoms with van der Waals surface area (Å²) in [6.45, 7) is 2.22. The summed E-state index contributed by atoms with van der Waals surface area (Å²) in [7, 11) is 2.04. The van der Waals surface area contributed by atoms with E-state index < -0.39 is 0 Å². The minimum atomic E-state index is -0.165. The van der Waals surface area contributed by atoms with E-state index in [4.69, 9.17) is 0 Å². The summed E-state index contributed by atoms with van der Waals surface area (Å²) in [5, 5.41) is 23.7. The lowest BCUT2D eigenvalue weighted by atomic mass is 10.0. The lowest BCUT2D eigenvalue weighted by molar-refractivity contribution is 0.0933. The molecule has 6 nitrogen and oxygen atoms in total. The maximum atomic E-state index is 12.4. The van der Waals surface area contributed by atoms with Crippen molar-refractivity contribution in [3.63, 3.8) is 0 Å². The summed E-state index contributed by atoms with van der Waals surface area (Å²) in [6, 6.07) is 2.05. The SMILES string of the molecule is CN1CCc2[nH]nc(C(=O)NC[C@@H](CO)Cc3ccsc3)c2C1. The maximum Gasteiger partial charge on any atom is 0.272 e. The van der Waals surface area contributed by atoms with Crippen LogP contribution in [0.15, 0.2) is 16.8 Å². The van der Waals surface area contributed by atoms with E-state index in [-0.39, 0.29) is 18.4 Å². The summed E-state index contributed by atoms with van der Waals surface area (Å²) >= 11 is 1.64. The molecule has 0 aromatic carbocycles. The number of hydrogen-bond donors (Lipinski definition) is 3. The molecule has 2 aromatic rings. The van der Waals surface area contributed by atoms with Gasteiger partial charge in [-0.05, 0) is 35.9 Å². The highest BCUT2D eigenvalue weighted by Gasteiger charge is 2.24. The molecule has 1 amide bonds. The zero-order valence-corrected chi connectivity index (χ0v) is 14.0. The van der Waals surface area contributed by atoms with E-state index in [1.165, 1.54) is 5.56 Å². The van der Waals surface area contributed by atoms with Crippen LogP contribution in [0.4, 0.5) is 0 Å². The summed E-state index contributed by atoms with van der Waals surface area (Å²) in [5.41, 5.74) is 3.74. The Hall–Kier alpha value is -1.70. The highest BCUT2D eigenvalue weighted by atomic mass is 32.1. The number of aromatic amines is 1. The molecule has 0 spiro atoms. The molecule has 0 fully saturated rings. The minimum Gasteiger partial charge on any atom is -0.396 e. The number of nitrogens with zero attached hydrogens (tertiary/aromatic N) is 2. The van der Waals surface area contributed by atoms with Crippen LogP contribution in [0.2, 0.25) is 0 Å². The molecule has 0 aliphatic carbocycles. The number of rotatable bonds is 6. The number of nitrogens with one attached hydrogen (secondary N) is 2. The van der Waals surface area contributed by atoms with Gasteiger partial charge in [0, 0.05) is 49.8 Å². The summed E-state index contributed by atoms with van der Waals surface area (Å²) in [5.74, 6) is -0.146. The van der Waals surface area contributed by atoms with Crippen LogP contribution >= 0.6 is 11.3 Å². The van der Waals surface area contributed by atoms with Gasteiger partial charge in [-0.2, -0.15) is 16.4 Å². The standard InChI is InChI=1S/C16H22N4O2S/c1-20-4-2-14-13(8-20)15(19-18-14)16(22)17-7-12(9-21)6-11-3-5-23-10-11/h3,5,10,12,21H,2,4,6-9H2,1H3,(H,17,22)(H,18,19)/t12-/m0/s1. The van der Waals surface area contributed by atoms with E-state index in [9.17, 15) is 9.90 Å². The van der Waals surface area contributed by atoms with Crippen molar-refractivity contribution in [2.24, 2.45) is 5.92 Å². The highest BCUT2D eigenvalue weighted by molar-refractivity contribution is 7.07. The van der Waals surface area contributed by atoms with Gasteiger partial charge in [-0.15, -0.1) is 0 Å². The van der Waals surface area contributed by atoms with E-state index in [0.717, 1.165) is 37.2 Å². The van der Waals surface area contributed by atoms with Crippen LogP contribution in [-0.4, -0.2) is 52.9 Å². The van der Waals surface area contributed by atoms with Gasteiger partial charge in [0.1, 0.15) is 0 Å². The Balaban J connectivity index is 1.60. The monoisotopic (exact) mass is 334 g/mol. The third kappa shape index (κ3) is 3.80. The van der Waals surface area contributed by atoms with Crippen molar-refractivity contribution in [3.05, 3.63) is 39.3 Å². The van der Waals surface area contributed by atoms with Gasteiger partial charge in [0.05, 0.1) is 0 Å². The van der Waals surface area contributed by atoms with Crippen LogP contribution in [0.3, 0.4) is 0 Å². The number of aliphatic hydroxyl groups is 1. The molecule has 7 heteroatoms. The Bertz CT molecular complexity index is 653. The predicted octanol–water partition coefficient (Wildman–Crippen LogP) is 1.04. The van der Waals surface area contributed by atoms with Gasteiger partial charge < -0.3 is 15.3 Å². The fraction of sp³-hybridized carbons (Fsp3) is 0.500. The minimum absolute atomic E-state index is 0.0194. The largest absolute Gasteiger partial charge is 0.396 e. The van der Waals surface area contributed by atoms with Crippen molar-refractivity contribution in [3.8, 4) is 0 Å². The molecule has 3 N–H and O–H groups in total. The van der Waals surface area contributed by atoms with E-state index in [2.05, 4.69) is 31.9 Å². The molecule has 23 heavy (non-hydrogen) atoms. The van der Waals surface area contributed by atoms with Crippen LogP contribution in [0.1, 0.15) is 27.3 Å². The van der Waals surface area contributed by atoms with Crippen molar-refractivity contribution in [1.82, 2.24) is 20.4 Å². The van der Waals surface area contributed by atoms with Crippen molar-refractivity contribution < 1.29 is 9.90 Å². The molecule has 1 atom stereocenters. The molecule has 0 bridgehead atoms. The summed E-state index contributed by atoms with van der Waals surface area (Å²) in [4.78, 5) is 14.6. The quantitative estimate of drug-likeness (QED) is 0.737. The first-order valence-electron chi connectivity index (χ1n) is 7.82. The second kappa shape index (κ2) is 7.25. The van der Waals surface area contributed by atoms with Gasteiger partial charge >= 0.3 is 0 Å². The second-order valence-corrected chi connectivity index (χ2v) is 6.89. The molecule has 0 saturated carbocycles. The third-order valence-electron chi connectivity index (χ3n) is 4.25. The number of thiophene rings is 1. The Labute approximate surface area is 139 Å². The Morgan fingerprint density at radius 1 is 1.61 bits per heavy atom. The van der Waals surface area contributed by atoms with E-state index in [1.807, 2.05) is 12.4 Å². The van der Waals surface area contributed by atoms with Crippen LogP contribution in [0.5, 0.6) is 0 Å². The Morgan fingerprint density at radius 2 is 2.48 bits per heavy atom. The van der Waals surface area contributed by atoms with Crippen LogP contribution in [0.25, 0.3) is 0 Å². The van der Waals surface area contributed by atoms with Gasteiger partial charge in [-0.25, -0.2) is 0 Å². The van der Waals surface area contributed by atoms with E-state index in [1.54, 1.807) is 11.3 Å². The molecule has 0 saturated heterocycles. The normalized spacial score (nSPS) is 16.1. The lowest BCUT2D eigenvalue weighted by Gasteiger charge is -2.22. The number of H-pyrrole nitrogens is 1. The number of aromatic nitrogens is 2. The van der Waals surface area contributed by atoms with E-state index >= 15 is 0 Å². The first-order chi connectivity index (χ1) is 11.2. The second-order valence-electron chi connectivity index (χ2n) is 6.11. The molecule has 3 heterocycles. The Morgan fingerprint density at radius 3 is 3.22 bits per heavy atom. The number of likely N-dealkylation sites (N-methyl/N-ethyl adjacent to an activating group) is 1. The molecule has 2 aromatic heterocycles. The molecule has 124 valence electrons. The van der Waals surface area contributed by atoms with Crippen LogP contribution < -0.4 is 5.32 Å². The molecular weight excluding hydrogens is 312 g/mol. The van der Waals surface area contributed by atoms with E-state index in [0.29, 0.717) is 12.2 Å². The topological polar surface area (TPSA) is 81.2 Å². The smallest absolute Gasteiger partial charge is 0.272 e. The van der Waals surface area contributed by atoms with Crippen molar-refractivity contribution in [1.29, 1.82) is 0 Å². The van der Waals surface area contributed by atoms with Gasteiger partial charge in [-0.3, -0.25) is 9.89 Å². The number of carbonyl (C=O) groups excluding carboxylic acids is 1. The molecule has 3 rings (SSSR count). The first kappa shape index (κ1) is 16.2. The first-order valence-corrected chi connectivity index (χ1v) is 8.76. The fourth-order valence-electron chi connectivity index (χ4n) is 2.88. The van der Waals surface area contributed by atoms with Crippen molar-refractivity contribution in [2.75, 3.05) is 26.7 Å². The summed E-state index contributed by atoms with van der Waals surface area (Å²) < 4.78 is 0. The Kier molecular flexibility index (Phi) is 5.09. The fourth-order valence-corrected chi connectivity index (χ4v) is 3.56.